The second-order valence-electron chi connectivity index (χ2n) is 3.78. The van der Waals surface area contributed by atoms with Crippen molar-refractivity contribution in [2.75, 3.05) is 5.32 Å². The van der Waals surface area contributed by atoms with Crippen LogP contribution in [0.5, 0.6) is 0 Å². The summed E-state index contributed by atoms with van der Waals surface area (Å²) in [6.45, 7) is 1.84. The monoisotopic (exact) mass is 233 g/mol. The molecule has 0 unspecified atom stereocenters. The summed E-state index contributed by atoms with van der Waals surface area (Å²) in [5.74, 6) is 0.125. The zero-order valence-corrected chi connectivity index (χ0v) is 9.33. The third-order valence-electron chi connectivity index (χ3n) is 2.37. The summed E-state index contributed by atoms with van der Waals surface area (Å²) in [7, 11) is 0. The van der Waals surface area contributed by atoms with Crippen LogP contribution in [0.2, 0.25) is 0 Å². The first-order valence-electron chi connectivity index (χ1n) is 5.19. The van der Waals surface area contributed by atoms with Gasteiger partial charge in [-0.1, -0.05) is 12.1 Å². The number of benzene rings is 1. The van der Waals surface area contributed by atoms with Crippen LogP contribution in [0.25, 0.3) is 0 Å². The standard InChI is InChI=1S/C12H12FN3O/c1-8-7-14-16-12(8)15-11(17)6-9-2-4-10(13)5-3-9/h2-5,7H,6H2,1H3,(H2,14,15,16,17). The first-order chi connectivity index (χ1) is 8.15. The van der Waals surface area contributed by atoms with Gasteiger partial charge in [-0.15, -0.1) is 0 Å². The van der Waals surface area contributed by atoms with Gasteiger partial charge in [0, 0.05) is 5.56 Å². The molecule has 1 heterocycles. The lowest BCUT2D eigenvalue weighted by Crippen LogP contribution is -2.15. The molecule has 0 radical (unpaired) electrons. The van der Waals surface area contributed by atoms with E-state index < -0.39 is 0 Å². The van der Waals surface area contributed by atoms with Crippen LogP contribution < -0.4 is 5.32 Å². The fraction of sp³-hybridized carbons (Fsp3) is 0.167. The normalized spacial score (nSPS) is 10.2. The number of hydrogen-bond donors (Lipinski definition) is 2. The molecule has 0 bridgehead atoms. The average molecular weight is 233 g/mol. The van der Waals surface area contributed by atoms with Crippen LogP contribution in [-0.4, -0.2) is 16.1 Å². The predicted molar refractivity (Wildman–Crippen MR) is 62.1 cm³/mol. The maximum Gasteiger partial charge on any atom is 0.229 e. The molecule has 4 nitrogen and oxygen atoms in total. The highest BCUT2D eigenvalue weighted by atomic mass is 19.1. The lowest BCUT2D eigenvalue weighted by atomic mass is 10.1. The molecule has 0 saturated carbocycles. The second kappa shape index (κ2) is 4.78. The van der Waals surface area contributed by atoms with E-state index in [2.05, 4.69) is 15.5 Å². The van der Waals surface area contributed by atoms with E-state index in [9.17, 15) is 9.18 Å². The zero-order chi connectivity index (χ0) is 12.3. The summed E-state index contributed by atoms with van der Waals surface area (Å²) in [5.41, 5.74) is 1.64. The molecule has 5 heteroatoms. The predicted octanol–water partition coefficient (Wildman–Crippen LogP) is 2.04. The zero-order valence-electron chi connectivity index (χ0n) is 9.33. The van der Waals surface area contributed by atoms with Crippen molar-refractivity contribution in [2.45, 2.75) is 13.3 Å². The Balaban J connectivity index is 1.98. The molecule has 0 saturated heterocycles. The molecule has 1 aromatic heterocycles. The van der Waals surface area contributed by atoms with Gasteiger partial charge in [-0.2, -0.15) is 5.10 Å². The van der Waals surface area contributed by atoms with Crippen molar-refractivity contribution >= 4 is 11.7 Å². The van der Waals surface area contributed by atoms with E-state index in [0.717, 1.165) is 11.1 Å². The third kappa shape index (κ3) is 2.90. The van der Waals surface area contributed by atoms with E-state index in [1.54, 1.807) is 18.3 Å². The van der Waals surface area contributed by atoms with E-state index in [0.29, 0.717) is 5.82 Å². The van der Waals surface area contributed by atoms with E-state index in [1.165, 1.54) is 12.1 Å². The fourth-order valence-corrected chi connectivity index (χ4v) is 1.44. The highest BCUT2D eigenvalue weighted by Gasteiger charge is 2.07. The largest absolute Gasteiger partial charge is 0.311 e. The highest BCUT2D eigenvalue weighted by molar-refractivity contribution is 5.91. The molecule has 0 spiro atoms. The van der Waals surface area contributed by atoms with E-state index in [1.807, 2.05) is 6.92 Å². The quantitative estimate of drug-likeness (QED) is 0.852. The number of rotatable bonds is 3. The molecule has 2 rings (SSSR count). The van der Waals surface area contributed by atoms with Gasteiger partial charge >= 0.3 is 0 Å². The highest BCUT2D eigenvalue weighted by Crippen LogP contribution is 2.10. The molecule has 0 aliphatic heterocycles. The molecule has 0 aliphatic carbocycles. The number of anilines is 1. The third-order valence-corrected chi connectivity index (χ3v) is 2.37. The van der Waals surface area contributed by atoms with Gasteiger partial charge < -0.3 is 5.32 Å². The van der Waals surface area contributed by atoms with Crippen LogP contribution in [0.1, 0.15) is 11.1 Å². The Kier molecular flexibility index (Phi) is 3.18. The summed E-state index contributed by atoms with van der Waals surface area (Å²) in [6.07, 6.45) is 1.84. The SMILES string of the molecule is Cc1cn[nH]c1NC(=O)Cc1ccc(F)cc1. The molecule has 1 amide bonds. The summed E-state index contributed by atoms with van der Waals surface area (Å²) >= 11 is 0. The Bertz CT molecular complexity index is 519. The molecule has 0 fully saturated rings. The van der Waals surface area contributed by atoms with Gasteiger partial charge in [0.15, 0.2) is 0 Å². The summed E-state index contributed by atoms with van der Waals surface area (Å²) in [5, 5.41) is 9.20. The number of amides is 1. The molecule has 2 N–H and O–H groups in total. The van der Waals surface area contributed by atoms with Crippen molar-refractivity contribution in [3.8, 4) is 0 Å². The number of carbonyl (C=O) groups is 1. The van der Waals surface area contributed by atoms with Crippen LogP contribution in [-0.2, 0) is 11.2 Å². The lowest BCUT2D eigenvalue weighted by molar-refractivity contribution is -0.115. The van der Waals surface area contributed by atoms with Gasteiger partial charge in [-0.3, -0.25) is 9.89 Å². The molecule has 0 atom stereocenters. The van der Waals surface area contributed by atoms with Crippen molar-refractivity contribution in [3.05, 3.63) is 47.4 Å². The first kappa shape index (κ1) is 11.3. The molecule has 0 aliphatic rings. The molecular formula is C12H12FN3O. The molecular weight excluding hydrogens is 221 g/mol. The van der Waals surface area contributed by atoms with Crippen molar-refractivity contribution in [1.29, 1.82) is 0 Å². The number of H-pyrrole nitrogens is 1. The minimum Gasteiger partial charge on any atom is -0.311 e. The number of nitrogens with zero attached hydrogens (tertiary/aromatic N) is 1. The van der Waals surface area contributed by atoms with Gasteiger partial charge in [0.1, 0.15) is 11.6 Å². The minimum atomic E-state index is -0.307. The Morgan fingerprint density at radius 2 is 2.12 bits per heavy atom. The van der Waals surface area contributed by atoms with E-state index in [-0.39, 0.29) is 18.1 Å². The Hall–Kier alpha value is -2.17. The van der Waals surface area contributed by atoms with Gasteiger partial charge in [-0.05, 0) is 24.6 Å². The number of aryl methyl sites for hydroxylation is 1. The number of aromatic nitrogens is 2. The maximum atomic E-state index is 12.7. The fourth-order valence-electron chi connectivity index (χ4n) is 1.44. The lowest BCUT2D eigenvalue weighted by Gasteiger charge is -2.03. The average Bonchev–Trinajstić information content (AvgIpc) is 2.68. The number of hydrogen-bond acceptors (Lipinski definition) is 2. The van der Waals surface area contributed by atoms with Gasteiger partial charge in [0.2, 0.25) is 5.91 Å². The van der Waals surface area contributed by atoms with E-state index >= 15 is 0 Å². The number of nitrogens with one attached hydrogen (secondary N) is 2. The van der Waals surface area contributed by atoms with Crippen molar-refractivity contribution in [1.82, 2.24) is 10.2 Å². The van der Waals surface area contributed by atoms with Crippen molar-refractivity contribution in [3.63, 3.8) is 0 Å². The minimum absolute atomic E-state index is 0.163. The molecule has 17 heavy (non-hydrogen) atoms. The van der Waals surface area contributed by atoms with Crippen molar-refractivity contribution < 1.29 is 9.18 Å². The molecule has 2 aromatic rings. The number of aromatic amines is 1. The van der Waals surface area contributed by atoms with Crippen LogP contribution in [0.4, 0.5) is 10.2 Å². The molecule has 88 valence electrons. The summed E-state index contributed by atoms with van der Waals surface area (Å²) in [6, 6.07) is 5.86. The van der Waals surface area contributed by atoms with Gasteiger partial charge in [0.05, 0.1) is 12.6 Å². The summed E-state index contributed by atoms with van der Waals surface area (Å²) < 4.78 is 12.7. The van der Waals surface area contributed by atoms with E-state index in [4.69, 9.17) is 0 Å². The van der Waals surface area contributed by atoms with Crippen LogP contribution >= 0.6 is 0 Å². The van der Waals surface area contributed by atoms with Crippen LogP contribution in [0.3, 0.4) is 0 Å². The van der Waals surface area contributed by atoms with Gasteiger partial charge in [0.25, 0.3) is 0 Å². The Morgan fingerprint density at radius 1 is 1.41 bits per heavy atom. The van der Waals surface area contributed by atoms with Crippen LogP contribution in [0, 0.1) is 12.7 Å². The van der Waals surface area contributed by atoms with Crippen LogP contribution in [0.15, 0.2) is 30.5 Å². The molecule has 1 aromatic carbocycles. The number of halogens is 1. The topological polar surface area (TPSA) is 57.8 Å². The number of carbonyl (C=O) groups excluding carboxylic acids is 1. The maximum absolute atomic E-state index is 12.7. The van der Waals surface area contributed by atoms with Crippen molar-refractivity contribution in [2.24, 2.45) is 0 Å². The Labute approximate surface area is 97.9 Å². The first-order valence-corrected chi connectivity index (χ1v) is 5.19. The smallest absolute Gasteiger partial charge is 0.229 e. The Morgan fingerprint density at radius 3 is 2.71 bits per heavy atom. The second-order valence-corrected chi connectivity index (χ2v) is 3.78. The summed E-state index contributed by atoms with van der Waals surface area (Å²) in [4.78, 5) is 11.7. The van der Waals surface area contributed by atoms with Gasteiger partial charge in [-0.25, -0.2) is 4.39 Å².